The number of primary amides is 1. The highest BCUT2D eigenvalue weighted by atomic mass is 16.5. The molecule has 0 radical (unpaired) electrons. The van der Waals surface area contributed by atoms with Crippen molar-refractivity contribution >= 4 is 5.91 Å². The molecule has 0 saturated carbocycles. The van der Waals surface area contributed by atoms with E-state index in [0.29, 0.717) is 6.42 Å². The van der Waals surface area contributed by atoms with Gasteiger partial charge in [-0.3, -0.25) is 4.79 Å². The summed E-state index contributed by atoms with van der Waals surface area (Å²) in [6.45, 7) is 7.72. The van der Waals surface area contributed by atoms with E-state index in [4.69, 9.17) is 10.5 Å². The van der Waals surface area contributed by atoms with E-state index in [2.05, 4.69) is 5.32 Å². The van der Waals surface area contributed by atoms with Gasteiger partial charge < -0.3 is 15.8 Å². The maximum absolute atomic E-state index is 11.5. The molecule has 0 aromatic heterocycles. The zero-order valence-corrected chi connectivity index (χ0v) is 9.60. The lowest BCUT2D eigenvalue weighted by molar-refractivity contribution is -0.133. The van der Waals surface area contributed by atoms with Crippen LogP contribution in [-0.2, 0) is 9.53 Å². The summed E-state index contributed by atoms with van der Waals surface area (Å²) in [6, 6.07) is 0. The van der Waals surface area contributed by atoms with E-state index < -0.39 is 11.1 Å². The largest absolute Gasteiger partial charge is 0.368 e. The van der Waals surface area contributed by atoms with E-state index in [-0.39, 0.29) is 11.5 Å². The Labute approximate surface area is 85.2 Å². The van der Waals surface area contributed by atoms with Gasteiger partial charge in [0.25, 0.3) is 0 Å². The summed E-state index contributed by atoms with van der Waals surface area (Å²) >= 11 is 0. The van der Waals surface area contributed by atoms with Gasteiger partial charge in [0.15, 0.2) is 0 Å². The fraction of sp³-hybridized carbons (Fsp3) is 0.900. The van der Waals surface area contributed by atoms with Crippen molar-refractivity contribution in [2.75, 3.05) is 7.05 Å². The van der Waals surface area contributed by atoms with Crippen molar-refractivity contribution in [3.05, 3.63) is 0 Å². The number of nitrogens with two attached hydrogens (primary N) is 1. The average molecular weight is 200 g/mol. The van der Waals surface area contributed by atoms with E-state index in [1.807, 2.05) is 27.7 Å². The first-order valence-corrected chi connectivity index (χ1v) is 4.86. The highest BCUT2D eigenvalue weighted by Crippen LogP contribution is 2.44. The molecule has 1 rings (SSSR count). The van der Waals surface area contributed by atoms with Gasteiger partial charge in [-0.25, -0.2) is 0 Å². The lowest BCUT2D eigenvalue weighted by Gasteiger charge is -2.36. The molecule has 0 bridgehead atoms. The van der Waals surface area contributed by atoms with Crippen LogP contribution in [-0.4, -0.2) is 29.7 Å². The van der Waals surface area contributed by atoms with Gasteiger partial charge in [-0.05, 0) is 34.7 Å². The molecule has 1 aliphatic heterocycles. The molecule has 82 valence electrons. The Morgan fingerprint density at radius 1 is 1.36 bits per heavy atom. The minimum absolute atomic E-state index is 0.318. The fourth-order valence-electron chi connectivity index (χ4n) is 2.56. The Hall–Kier alpha value is -0.610. The molecular formula is C10H20N2O2. The van der Waals surface area contributed by atoms with Crippen LogP contribution in [0.25, 0.3) is 0 Å². The maximum atomic E-state index is 11.5. The fourth-order valence-corrected chi connectivity index (χ4v) is 2.56. The normalized spacial score (nSPS) is 34.4. The molecule has 14 heavy (non-hydrogen) atoms. The minimum Gasteiger partial charge on any atom is -0.368 e. The van der Waals surface area contributed by atoms with Crippen molar-refractivity contribution in [2.45, 2.75) is 50.9 Å². The summed E-state index contributed by atoms with van der Waals surface area (Å²) in [6.07, 6.45) is 0.596. The van der Waals surface area contributed by atoms with Crippen LogP contribution in [0.5, 0.6) is 0 Å². The Morgan fingerprint density at radius 2 is 1.86 bits per heavy atom. The smallest absolute Gasteiger partial charge is 0.240 e. The van der Waals surface area contributed by atoms with Gasteiger partial charge in [0, 0.05) is 6.42 Å². The monoisotopic (exact) mass is 200 g/mol. The minimum atomic E-state index is -0.767. The summed E-state index contributed by atoms with van der Waals surface area (Å²) in [4.78, 5) is 11.5. The predicted molar refractivity (Wildman–Crippen MR) is 54.8 cm³/mol. The standard InChI is InChI=1S/C10H20N2O2/c1-8(2)6-10(12-5,7(11)13)9(3,4)14-8/h12H,6H2,1-5H3,(H2,11,13). The number of hydrogen-bond acceptors (Lipinski definition) is 3. The first-order chi connectivity index (χ1) is 6.17. The Bertz CT molecular complexity index is 261. The summed E-state index contributed by atoms with van der Waals surface area (Å²) in [5.74, 6) is -0.351. The average Bonchev–Trinajstić information content (AvgIpc) is 2.15. The number of ether oxygens (including phenoxy) is 1. The van der Waals surface area contributed by atoms with Crippen LogP contribution in [0, 0.1) is 0 Å². The van der Waals surface area contributed by atoms with Crippen molar-refractivity contribution in [3.63, 3.8) is 0 Å². The summed E-state index contributed by atoms with van der Waals surface area (Å²) in [7, 11) is 1.75. The molecule has 1 heterocycles. The van der Waals surface area contributed by atoms with Crippen LogP contribution in [0.1, 0.15) is 34.1 Å². The van der Waals surface area contributed by atoms with Gasteiger partial charge in [-0.15, -0.1) is 0 Å². The number of amides is 1. The van der Waals surface area contributed by atoms with Gasteiger partial charge >= 0.3 is 0 Å². The van der Waals surface area contributed by atoms with Crippen molar-refractivity contribution in [1.82, 2.24) is 5.32 Å². The molecular weight excluding hydrogens is 180 g/mol. The molecule has 1 saturated heterocycles. The van der Waals surface area contributed by atoms with Crippen LogP contribution in [0.3, 0.4) is 0 Å². The van der Waals surface area contributed by atoms with Gasteiger partial charge in [0.1, 0.15) is 5.54 Å². The van der Waals surface area contributed by atoms with Crippen molar-refractivity contribution in [2.24, 2.45) is 5.73 Å². The quantitative estimate of drug-likeness (QED) is 0.678. The van der Waals surface area contributed by atoms with E-state index in [0.717, 1.165) is 0 Å². The number of rotatable bonds is 2. The molecule has 0 aliphatic carbocycles. The van der Waals surface area contributed by atoms with Gasteiger partial charge in [0.2, 0.25) is 5.91 Å². The Kier molecular flexibility index (Phi) is 2.41. The lowest BCUT2D eigenvalue weighted by Crippen LogP contribution is -2.63. The summed E-state index contributed by atoms with van der Waals surface area (Å²) in [5.41, 5.74) is 3.80. The first-order valence-electron chi connectivity index (χ1n) is 4.86. The van der Waals surface area contributed by atoms with E-state index in [9.17, 15) is 4.79 Å². The van der Waals surface area contributed by atoms with Gasteiger partial charge in [-0.1, -0.05) is 0 Å². The SMILES string of the molecule is CNC1(C(N)=O)CC(C)(C)OC1(C)C. The third-order valence-corrected chi connectivity index (χ3v) is 3.10. The lowest BCUT2D eigenvalue weighted by atomic mass is 9.78. The molecule has 0 spiro atoms. The highest BCUT2D eigenvalue weighted by molar-refractivity contribution is 5.86. The van der Waals surface area contributed by atoms with Crippen molar-refractivity contribution < 1.29 is 9.53 Å². The second kappa shape index (κ2) is 2.94. The van der Waals surface area contributed by atoms with Gasteiger partial charge in [-0.2, -0.15) is 0 Å². The molecule has 1 atom stereocenters. The molecule has 1 amide bonds. The second-order valence-corrected chi connectivity index (χ2v) is 5.07. The number of nitrogens with one attached hydrogen (secondary N) is 1. The van der Waals surface area contributed by atoms with E-state index >= 15 is 0 Å². The molecule has 1 aliphatic rings. The zero-order valence-electron chi connectivity index (χ0n) is 9.60. The Balaban J connectivity index is 3.14. The van der Waals surface area contributed by atoms with Crippen LogP contribution < -0.4 is 11.1 Å². The van der Waals surface area contributed by atoms with Crippen molar-refractivity contribution in [3.8, 4) is 0 Å². The molecule has 1 unspecified atom stereocenters. The highest BCUT2D eigenvalue weighted by Gasteiger charge is 2.60. The molecule has 4 heteroatoms. The summed E-state index contributed by atoms with van der Waals surface area (Å²) in [5, 5.41) is 3.02. The molecule has 1 fully saturated rings. The van der Waals surface area contributed by atoms with Crippen LogP contribution in [0.2, 0.25) is 0 Å². The maximum Gasteiger partial charge on any atom is 0.240 e. The first kappa shape index (κ1) is 11.5. The molecule has 0 aromatic rings. The van der Waals surface area contributed by atoms with Crippen LogP contribution in [0.15, 0.2) is 0 Å². The van der Waals surface area contributed by atoms with Gasteiger partial charge in [0.05, 0.1) is 11.2 Å². The second-order valence-electron chi connectivity index (χ2n) is 5.07. The van der Waals surface area contributed by atoms with Crippen molar-refractivity contribution in [1.29, 1.82) is 0 Å². The molecule has 0 aromatic carbocycles. The number of carbonyl (C=O) groups excluding carboxylic acids is 1. The van der Waals surface area contributed by atoms with E-state index in [1.165, 1.54) is 0 Å². The summed E-state index contributed by atoms with van der Waals surface area (Å²) < 4.78 is 5.84. The van der Waals surface area contributed by atoms with Crippen LogP contribution in [0.4, 0.5) is 0 Å². The van der Waals surface area contributed by atoms with Crippen LogP contribution >= 0.6 is 0 Å². The third-order valence-electron chi connectivity index (χ3n) is 3.10. The predicted octanol–water partition coefficient (Wildman–Crippen LogP) is 0.407. The topological polar surface area (TPSA) is 64.3 Å². The molecule has 4 nitrogen and oxygen atoms in total. The number of likely N-dealkylation sites (N-methyl/N-ethyl adjacent to an activating group) is 1. The zero-order chi connectivity index (χ0) is 11.2. The Morgan fingerprint density at radius 3 is 2.00 bits per heavy atom. The molecule has 3 N–H and O–H groups in total. The number of carbonyl (C=O) groups is 1. The van der Waals surface area contributed by atoms with E-state index in [1.54, 1.807) is 7.05 Å². The number of hydrogen-bond donors (Lipinski definition) is 2. The third kappa shape index (κ3) is 1.42.